The van der Waals surface area contributed by atoms with Crippen molar-refractivity contribution >= 4 is 11.6 Å². The third-order valence-corrected chi connectivity index (χ3v) is 1.38. The van der Waals surface area contributed by atoms with E-state index in [2.05, 4.69) is 24.3 Å². The van der Waals surface area contributed by atoms with Crippen LogP contribution in [0.2, 0.25) is 0 Å². The molecule has 1 aliphatic rings. The molecule has 0 radical (unpaired) electrons. The van der Waals surface area contributed by atoms with Crippen molar-refractivity contribution in [1.82, 2.24) is 0 Å². The van der Waals surface area contributed by atoms with Gasteiger partial charge in [-0.15, -0.1) is 0 Å². The Balaban J connectivity index is -0.000000106. The van der Waals surface area contributed by atoms with E-state index < -0.39 is 24.2 Å². The van der Waals surface area contributed by atoms with Crippen molar-refractivity contribution in [3.05, 3.63) is 24.3 Å². The molecule has 0 N–H and O–H groups in total. The van der Waals surface area contributed by atoms with Gasteiger partial charge in [-0.05, 0) is 13.3 Å². The molecule has 0 fully saturated rings. The molecule has 18 heavy (non-hydrogen) atoms. The molecule has 0 aromatic carbocycles. The van der Waals surface area contributed by atoms with Gasteiger partial charge >= 0.3 is 27.9 Å². The van der Waals surface area contributed by atoms with Crippen molar-refractivity contribution in [1.29, 1.82) is 0 Å². The van der Waals surface area contributed by atoms with Crippen LogP contribution in [0.5, 0.6) is 0 Å². The number of carbonyl (C=O) groups excluding carboxylic acids is 2. The smallest absolute Gasteiger partial charge is 1.00 e. The first-order valence-corrected chi connectivity index (χ1v) is 4.25. The third-order valence-electron chi connectivity index (χ3n) is 1.38. The zero-order valence-electron chi connectivity index (χ0n) is 9.43. The van der Waals surface area contributed by atoms with E-state index in [-0.39, 0.29) is 31.1 Å². The second-order valence-corrected chi connectivity index (χ2v) is 2.89. The Morgan fingerprint density at radius 1 is 1.11 bits per heavy atom. The molecule has 0 amide bonds. The van der Waals surface area contributed by atoms with E-state index in [9.17, 15) is 22.8 Å². The molecule has 0 saturated carbocycles. The molecule has 2 nitrogen and oxygen atoms in total. The first-order valence-electron chi connectivity index (χ1n) is 4.25. The maximum Gasteiger partial charge on any atom is 2.00 e. The van der Waals surface area contributed by atoms with Crippen molar-refractivity contribution in [2.24, 2.45) is 0 Å². The van der Waals surface area contributed by atoms with Gasteiger partial charge < -0.3 is 9.41 Å². The summed E-state index contributed by atoms with van der Waals surface area (Å²) in [6.45, 7) is 0.934. The van der Waals surface area contributed by atoms with Gasteiger partial charge in [0.2, 0.25) is 5.78 Å². The standard InChI is InChI=1S/C5H5F3O2.C5H6.2FH.Ti/c1-3(9)2-4(10)5(6,7)8;1-2-4-5-3-1;;;/h2H2,1H3;1-4H,5H2;2*1H;/q;;;;+2/p-2. The number of hydrogen-bond donors (Lipinski definition) is 0. The molecule has 102 valence electrons. The number of rotatable bonds is 2. The van der Waals surface area contributed by atoms with E-state index in [1.807, 2.05) is 0 Å². The molecule has 0 heterocycles. The second-order valence-electron chi connectivity index (χ2n) is 2.89. The first kappa shape index (κ1) is 25.9. The largest absolute Gasteiger partial charge is 2.00 e. The Kier molecular flexibility index (Phi) is 18.2. The van der Waals surface area contributed by atoms with Gasteiger partial charge in [-0.3, -0.25) is 9.59 Å². The van der Waals surface area contributed by atoms with Crippen LogP contribution < -0.4 is 9.41 Å². The summed E-state index contributed by atoms with van der Waals surface area (Å²) in [6.07, 6.45) is 3.58. The van der Waals surface area contributed by atoms with Gasteiger partial charge in [0, 0.05) is 0 Å². The quantitative estimate of drug-likeness (QED) is 0.303. The van der Waals surface area contributed by atoms with Gasteiger partial charge in [0.05, 0.1) is 6.42 Å². The number of allylic oxidation sites excluding steroid dienone is 4. The third kappa shape index (κ3) is 15.2. The molecule has 0 aliphatic heterocycles. The van der Waals surface area contributed by atoms with Crippen LogP contribution >= 0.6 is 0 Å². The summed E-state index contributed by atoms with van der Waals surface area (Å²) in [6, 6.07) is 0. The van der Waals surface area contributed by atoms with Gasteiger partial charge in [0.1, 0.15) is 5.78 Å². The van der Waals surface area contributed by atoms with Crippen LogP contribution in [0.1, 0.15) is 19.8 Å². The Morgan fingerprint density at radius 2 is 1.50 bits per heavy atom. The van der Waals surface area contributed by atoms with E-state index in [1.165, 1.54) is 0 Å². The Labute approximate surface area is 116 Å². The minimum Gasteiger partial charge on any atom is -1.00 e. The number of ketones is 2. The van der Waals surface area contributed by atoms with Crippen molar-refractivity contribution in [2.45, 2.75) is 25.9 Å². The Hall–Kier alpha value is -0.816. The average Bonchev–Trinajstić information content (AvgIpc) is 2.57. The number of carbonyl (C=O) groups is 2. The fraction of sp³-hybridized carbons (Fsp3) is 0.400. The zero-order chi connectivity index (χ0) is 11.9. The second kappa shape index (κ2) is 12.6. The molecule has 0 aromatic rings. The SMILES string of the molecule is C1=CCC=C1.CC(=O)CC(=O)C(F)(F)F.[F-].[F-].[Ti+2]. The summed E-state index contributed by atoms with van der Waals surface area (Å²) in [5.41, 5.74) is 0. The van der Waals surface area contributed by atoms with Gasteiger partial charge in [-0.1, -0.05) is 24.3 Å². The van der Waals surface area contributed by atoms with Crippen molar-refractivity contribution in [3.63, 3.8) is 0 Å². The zero-order valence-corrected chi connectivity index (χ0v) is 11.0. The molecule has 0 spiro atoms. The van der Waals surface area contributed by atoms with Crippen molar-refractivity contribution in [3.8, 4) is 0 Å². The van der Waals surface area contributed by atoms with Crippen LogP contribution in [0.25, 0.3) is 0 Å². The summed E-state index contributed by atoms with van der Waals surface area (Å²) in [5.74, 6) is -2.76. The minimum atomic E-state index is -4.87. The maximum atomic E-state index is 11.3. The molecule has 0 unspecified atom stereocenters. The van der Waals surface area contributed by atoms with Crippen LogP contribution in [-0.4, -0.2) is 17.7 Å². The number of alkyl halides is 3. The molecule has 0 bridgehead atoms. The topological polar surface area (TPSA) is 34.1 Å². The van der Waals surface area contributed by atoms with Gasteiger partial charge in [0.15, 0.2) is 0 Å². The first-order chi connectivity index (χ1) is 6.84. The van der Waals surface area contributed by atoms with Crippen LogP contribution in [0.15, 0.2) is 24.3 Å². The summed E-state index contributed by atoms with van der Waals surface area (Å²) in [7, 11) is 0. The predicted molar refractivity (Wildman–Crippen MR) is 49.3 cm³/mol. The summed E-state index contributed by atoms with van der Waals surface area (Å²) >= 11 is 0. The van der Waals surface area contributed by atoms with Gasteiger partial charge in [-0.2, -0.15) is 13.2 Å². The monoisotopic (exact) mass is 306 g/mol. The van der Waals surface area contributed by atoms with Crippen LogP contribution in [-0.2, 0) is 31.3 Å². The molecule has 1 aliphatic carbocycles. The number of halogens is 5. The Bertz CT molecular complexity index is 287. The number of hydrogen-bond acceptors (Lipinski definition) is 2. The fourth-order valence-electron chi connectivity index (χ4n) is 0.719. The summed E-state index contributed by atoms with van der Waals surface area (Å²) in [5, 5.41) is 0. The molecule has 8 heteroatoms. The Morgan fingerprint density at radius 3 is 1.61 bits per heavy atom. The average molecular weight is 306 g/mol. The van der Waals surface area contributed by atoms with E-state index in [0.29, 0.717) is 0 Å². The molecule has 0 saturated heterocycles. The summed E-state index contributed by atoms with van der Waals surface area (Å²) in [4.78, 5) is 19.9. The van der Waals surface area contributed by atoms with E-state index in [0.717, 1.165) is 13.3 Å². The van der Waals surface area contributed by atoms with Crippen LogP contribution in [0.3, 0.4) is 0 Å². The molecule has 0 aromatic heterocycles. The van der Waals surface area contributed by atoms with Gasteiger partial charge in [0.25, 0.3) is 0 Å². The summed E-state index contributed by atoms with van der Waals surface area (Å²) < 4.78 is 33.9. The van der Waals surface area contributed by atoms with Crippen molar-refractivity contribution in [2.75, 3.05) is 0 Å². The molecular weight excluding hydrogens is 295 g/mol. The van der Waals surface area contributed by atoms with Crippen LogP contribution in [0, 0.1) is 0 Å². The molecule has 1 rings (SSSR count). The molecular formula is C10H11F5O2Ti. The van der Waals surface area contributed by atoms with Crippen molar-refractivity contribution < 1.29 is 53.9 Å². The van der Waals surface area contributed by atoms with E-state index in [1.54, 1.807) is 0 Å². The van der Waals surface area contributed by atoms with E-state index in [4.69, 9.17) is 0 Å². The van der Waals surface area contributed by atoms with Crippen LogP contribution in [0.4, 0.5) is 13.2 Å². The minimum absolute atomic E-state index is 0. The van der Waals surface area contributed by atoms with E-state index >= 15 is 0 Å². The van der Waals surface area contributed by atoms with Gasteiger partial charge in [-0.25, -0.2) is 0 Å². The fourth-order valence-corrected chi connectivity index (χ4v) is 0.719. The predicted octanol–water partition coefficient (Wildman–Crippen LogP) is -3.40. The maximum absolute atomic E-state index is 11.3. The normalized spacial score (nSPS) is 11.1. The number of Topliss-reactive ketones (excluding diaryl/α,β-unsaturated/α-hetero) is 2. The molecule has 0 atom stereocenters.